The summed E-state index contributed by atoms with van der Waals surface area (Å²) in [5.41, 5.74) is 2.52. The molecule has 2 aromatic carbocycles. The monoisotopic (exact) mass is 381 g/mol. The number of hydrogen-bond acceptors (Lipinski definition) is 5. The molecule has 0 spiro atoms. The highest BCUT2D eigenvalue weighted by atomic mass is 16.5. The summed E-state index contributed by atoms with van der Waals surface area (Å²) in [5, 5.41) is 0. The van der Waals surface area contributed by atoms with Gasteiger partial charge < -0.3 is 19.1 Å². The number of carbonyl (C=O) groups is 1. The number of benzene rings is 2. The van der Waals surface area contributed by atoms with Gasteiger partial charge in [-0.15, -0.1) is 0 Å². The van der Waals surface area contributed by atoms with Gasteiger partial charge in [0.1, 0.15) is 0 Å². The number of carbonyl (C=O) groups excluding carboxylic acids is 1. The Morgan fingerprint density at radius 2 is 1.89 bits per heavy atom. The van der Waals surface area contributed by atoms with Gasteiger partial charge in [0.25, 0.3) is 0 Å². The molecule has 1 heterocycles. The Labute approximate surface area is 166 Å². The minimum absolute atomic E-state index is 0.00403. The van der Waals surface area contributed by atoms with Crippen molar-refractivity contribution in [3.63, 3.8) is 0 Å². The molecule has 0 bridgehead atoms. The second-order valence-electron chi connectivity index (χ2n) is 6.89. The van der Waals surface area contributed by atoms with Crippen molar-refractivity contribution in [1.29, 1.82) is 0 Å². The van der Waals surface area contributed by atoms with Crippen LogP contribution < -0.4 is 14.4 Å². The molecular formula is C23H27NO4. The molecule has 1 aliphatic rings. The summed E-state index contributed by atoms with van der Waals surface area (Å²) >= 11 is 0. The van der Waals surface area contributed by atoms with Gasteiger partial charge in [0.2, 0.25) is 0 Å². The quantitative estimate of drug-likeness (QED) is 0.531. The lowest BCUT2D eigenvalue weighted by atomic mass is 10.1. The first-order chi connectivity index (χ1) is 13.6. The van der Waals surface area contributed by atoms with Gasteiger partial charge in [-0.3, -0.25) is 4.79 Å². The maximum atomic E-state index is 12.7. The standard InChI is InChI=1S/C23H27NO4/c1-17(2)28-23-18(6-5-9-22(23)26-3)10-11-21(25)19-7-4-8-20(16-19)24-12-14-27-15-13-24/h4-11,16-17H,12-15H2,1-3H3. The van der Waals surface area contributed by atoms with Crippen LogP contribution in [0.15, 0.2) is 48.5 Å². The van der Waals surface area contributed by atoms with Gasteiger partial charge in [0.05, 0.1) is 26.4 Å². The largest absolute Gasteiger partial charge is 0.493 e. The van der Waals surface area contributed by atoms with Crippen LogP contribution >= 0.6 is 0 Å². The van der Waals surface area contributed by atoms with E-state index in [1.54, 1.807) is 19.3 Å². The molecule has 1 saturated heterocycles. The van der Waals surface area contributed by atoms with Crippen LogP contribution in [0.3, 0.4) is 0 Å². The van der Waals surface area contributed by atoms with Gasteiger partial charge in [-0.05, 0) is 44.2 Å². The van der Waals surface area contributed by atoms with Crippen molar-refractivity contribution in [2.45, 2.75) is 20.0 Å². The Kier molecular flexibility index (Phi) is 6.71. The number of methoxy groups -OCH3 is 1. The van der Waals surface area contributed by atoms with Crippen molar-refractivity contribution in [3.05, 3.63) is 59.7 Å². The lowest BCUT2D eigenvalue weighted by Crippen LogP contribution is -2.36. The first-order valence-electron chi connectivity index (χ1n) is 9.57. The van der Waals surface area contributed by atoms with Crippen LogP contribution in [0.5, 0.6) is 11.5 Å². The van der Waals surface area contributed by atoms with Crippen molar-refractivity contribution in [3.8, 4) is 11.5 Å². The summed E-state index contributed by atoms with van der Waals surface area (Å²) < 4.78 is 16.7. The number of ketones is 1. The third-order valence-corrected chi connectivity index (χ3v) is 4.50. The van der Waals surface area contributed by atoms with E-state index in [9.17, 15) is 4.79 Å². The van der Waals surface area contributed by atoms with Crippen molar-refractivity contribution in [1.82, 2.24) is 0 Å². The predicted octanol–water partition coefficient (Wildman–Crippen LogP) is 4.22. The van der Waals surface area contributed by atoms with E-state index < -0.39 is 0 Å². The number of para-hydroxylation sites is 1. The summed E-state index contributed by atoms with van der Waals surface area (Å²) in [6.45, 7) is 7.03. The third-order valence-electron chi connectivity index (χ3n) is 4.50. The van der Waals surface area contributed by atoms with Gasteiger partial charge in [-0.2, -0.15) is 0 Å². The van der Waals surface area contributed by atoms with Crippen LogP contribution in [0.2, 0.25) is 0 Å². The molecule has 2 aromatic rings. The fourth-order valence-corrected chi connectivity index (χ4v) is 3.13. The van der Waals surface area contributed by atoms with E-state index in [1.807, 2.05) is 56.3 Å². The van der Waals surface area contributed by atoms with Gasteiger partial charge in [0, 0.05) is 29.9 Å². The van der Waals surface area contributed by atoms with E-state index in [2.05, 4.69) is 4.90 Å². The fourth-order valence-electron chi connectivity index (χ4n) is 3.13. The van der Waals surface area contributed by atoms with E-state index in [0.717, 1.165) is 24.3 Å². The SMILES string of the molecule is COc1cccc(C=CC(=O)c2cccc(N3CCOCC3)c2)c1OC(C)C. The van der Waals surface area contributed by atoms with Crippen molar-refractivity contribution in [2.75, 3.05) is 38.3 Å². The summed E-state index contributed by atoms with van der Waals surface area (Å²) in [6, 6.07) is 13.4. The van der Waals surface area contributed by atoms with E-state index in [0.29, 0.717) is 30.3 Å². The van der Waals surface area contributed by atoms with Crippen LogP contribution in [0, 0.1) is 0 Å². The first kappa shape index (κ1) is 20.0. The van der Waals surface area contributed by atoms with Crippen LogP contribution in [-0.2, 0) is 4.74 Å². The zero-order chi connectivity index (χ0) is 19.9. The molecular weight excluding hydrogens is 354 g/mol. The van der Waals surface area contributed by atoms with Crippen LogP contribution in [0.25, 0.3) is 6.08 Å². The molecule has 28 heavy (non-hydrogen) atoms. The zero-order valence-electron chi connectivity index (χ0n) is 16.7. The number of anilines is 1. The van der Waals surface area contributed by atoms with E-state index >= 15 is 0 Å². The average molecular weight is 381 g/mol. The Morgan fingerprint density at radius 3 is 2.61 bits per heavy atom. The molecule has 5 heteroatoms. The molecule has 0 aromatic heterocycles. The second kappa shape index (κ2) is 9.42. The van der Waals surface area contributed by atoms with Crippen LogP contribution in [0.1, 0.15) is 29.8 Å². The lowest BCUT2D eigenvalue weighted by molar-refractivity contribution is 0.104. The maximum Gasteiger partial charge on any atom is 0.185 e. The lowest BCUT2D eigenvalue weighted by Gasteiger charge is -2.29. The summed E-state index contributed by atoms with van der Waals surface area (Å²) in [5.74, 6) is 1.25. The maximum absolute atomic E-state index is 12.7. The molecule has 0 aliphatic carbocycles. The Hall–Kier alpha value is -2.79. The number of hydrogen-bond donors (Lipinski definition) is 0. The predicted molar refractivity (Wildman–Crippen MR) is 112 cm³/mol. The minimum atomic E-state index is -0.0478. The number of morpholine rings is 1. The Balaban J connectivity index is 1.80. The second-order valence-corrected chi connectivity index (χ2v) is 6.89. The molecule has 0 N–H and O–H groups in total. The number of allylic oxidation sites excluding steroid dienone is 1. The third kappa shape index (κ3) is 4.93. The molecule has 148 valence electrons. The molecule has 0 saturated carbocycles. The first-order valence-corrected chi connectivity index (χ1v) is 9.57. The van der Waals surface area contributed by atoms with E-state index in [1.165, 1.54) is 0 Å². The Morgan fingerprint density at radius 1 is 1.14 bits per heavy atom. The average Bonchev–Trinajstić information content (AvgIpc) is 2.73. The van der Waals surface area contributed by atoms with E-state index in [-0.39, 0.29) is 11.9 Å². The molecule has 0 atom stereocenters. The summed E-state index contributed by atoms with van der Waals surface area (Å²) in [7, 11) is 1.61. The molecule has 1 fully saturated rings. The molecule has 3 rings (SSSR count). The summed E-state index contributed by atoms with van der Waals surface area (Å²) in [6.07, 6.45) is 3.37. The molecule has 1 aliphatic heterocycles. The molecule has 0 amide bonds. The number of ether oxygens (including phenoxy) is 3. The smallest absolute Gasteiger partial charge is 0.185 e. The van der Waals surface area contributed by atoms with Crippen LogP contribution in [0.4, 0.5) is 5.69 Å². The zero-order valence-corrected chi connectivity index (χ0v) is 16.7. The van der Waals surface area contributed by atoms with Gasteiger partial charge >= 0.3 is 0 Å². The van der Waals surface area contributed by atoms with Crippen molar-refractivity contribution < 1.29 is 19.0 Å². The minimum Gasteiger partial charge on any atom is -0.493 e. The van der Waals surface area contributed by atoms with Gasteiger partial charge in [-0.25, -0.2) is 0 Å². The van der Waals surface area contributed by atoms with Crippen LogP contribution in [-0.4, -0.2) is 45.3 Å². The number of nitrogens with zero attached hydrogens (tertiary/aromatic N) is 1. The highest BCUT2D eigenvalue weighted by molar-refractivity contribution is 6.07. The highest BCUT2D eigenvalue weighted by Crippen LogP contribution is 2.33. The molecule has 0 unspecified atom stereocenters. The molecule has 0 radical (unpaired) electrons. The fraction of sp³-hybridized carbons (Fsp3) is 0.348. The number of rotatable bonds is 7. The molecule has 5 nitrogen and oxygen atoms in total. The Bertz CT molecular complexity index is 838. The van der Waals surface area contributed by atoms with Crippen molar-refractivity contribution in [2.24, 2.45) is 0 Å². The highest BCUT2D eigenvalue weighted by Gasteiger charge is 2.14. The summed E-state index contributed by atoms with van der Waals surface area (Å²) in [4.78, 5) is 15.0. The van der Waals surface area contributed by atoms with Gasteiger partial charge in [0.15, 0.2) is 17.3 Å². The van der Waals surface area contributed by atoms with E-state index in [4.69, 9.17) is 14.2 Å². The normalized spacial score (nSPS) is 14.5. The van der Waals surface area contributed by atoms with Crippen molar-refractivity contribution >= 4 is 17.5 Å². The van der Waals surface area contributed by atoms with Gasteiger partial charge in [-0.1, -0.05) is 24.3 Å². The topological polar surface area (TPSA) is 48.0 Å².